The third kappa shape index (κ3) is 1.99. The Bertz CT molecular complexity index is 578. The summed E-state index contributed by atoms with van der Waals surface area (Å²) >= 11 is 6.00. The van der Waals surface area contributed by atoms with E-state index in [1.54, 1.807) is 18.3 Å². The first-order chi connectivity index (χ1) is 9.89. The molecule has 0 radical (unpaired) electrons. The number of nitrogens with two attached hydrogens (primary N) is 1. The molecule has 0 aromatic carbocycles. The Morgan fingerprint density at radius 2 is 2.33 bits per heavy atom. The lowest BCUT2D eigenvalue weighted by molar-refractivity contribution is -0.222. The molecule has 3 N–H and O–H groups in total. The van der Waals surface area contributed by atoms with E-state index in [9.17, 15) is 4.79 Å². The van der Waals surface area contributed by atoms with Crippen LogP contribution in [0.2, 0.25) is 5.15 Å². The lowest BCUT2D eigenvalue weighted by Crippen LogP contribution is -2.81. The molecule has 6 heteroatoms. The Hall–Kier alpha value is -1.17. The molecule has 2 fully saturated rings. The van der Waals surface area contributed by atoms with Gasteiger partial charge >= 0.3 is 0 Å². The number of hydrogen-bond donors (Lipinski definition) is 2. The Morgan fingerprint density at radius 1 is 1.57 bits per heavy atom. The number of hydrogen-bond acceptors (Lipinski definition) is 4. The molecule has 21 heavy (non-hydrogen) atoms. The summed E-state index contributed by atoms with van der Waals surface area (Å²) in [6.45, 7) is 4.73. The molecule has 3 unspecified atom stereocenters. The van der Waals surface area contributed by atoms with Crippen molar-refractivity contribution in [3.8, 4) is 0 Å². The smallest absolute Gasteiger partial charge is 0.245 e. The molecule has 3 atom stereocenters. The number of carbonyl (C=O) groups excluding carboxylic acids is 1. The van der Waals surface area contributed by atoms with Gasteiger partial charge in [0, 0.05) is 24.1 Å². The van der Waals surface area contributed by atoms with Crippen LogP contribution in [0.5, 0.6) is 0 Å². The average Bonchev–Trinajstić information content (AvgIpc) is 2.48. The van der Waals surface area contributed by atoms with Gasteiger partial charge in [0.25, 0.3) is 0 Å². The fraction of sp³-hybridized carbons (Fsp3) is 0.600. The van der Waals surface area contributed by atoms with Crippen molar-refractivity contribution in [2.24, 2.45) is 17.1 Å². The molecule has 3 rings (SSSR count). The molecular formula is C15H20ClN3O2. The second-order valence-corrected chi connectivity index (χ2v) is 6.78. The van der Waals surface area contributed by atoms with Crippen LogP contribution in [0.3, 0.4) is 0 Å². The quantitative estimate of drug-likeness (QED) is 0.821. The third-order valence-corrected chi connectivity index (χ3v) is 5.37. The van der Waals surface area contributed by atoms with Crippen LogP contribution in [0, 0.1) is 11.3 Å². The molecule has 1 aromatic heterocycles. The Balaban J connectivity index is 1.85. The van der Waals surface area contributed by atoms with E-state index in [1.165, 1.54) is 0 Å². The number of ether oxygens (including phenoxy) is 1. The molecule has 1 amide bonds. The van der Waals surface area contributed by atoms with Crippen molar-refractivity contribution in [3.05, 3.63) is 23.5 Å². The zero-order chi connectivity index (χ0) is 15.3. The number of nitrogens with zero attached hydrogens (tertiary/aromatic N) is 1. The molecule has 5 nitrogen and oxygen atoms in total. The number of nitrogens with one attached hydrogen (secondary N) is 1. The fourth-order valence-electron chi connectivity index (χ4n) is 3.74. The molecule has 0 bridgehead atoms. The van der Waals surface area contributed by atoms with E-state index in [0.29, 0.717) is 5.69 Å². The molecule has 0 spiro atoms. The second-order valence-electron chi connectivity index (χ2n) is 6.43. The van der Waals surface area contributed by atoms with Gasteiger partial charge in [0.15, 0.2) is 5.15 Å². The van der Waals surface area contributed by atoms with Crippen molar-refractivity contribution < 1.29 is 9.53 Å². The number of rotatable bonds is 2. The highest BCUT2D eigenvalue weighted by Crippen LogP contribution is 2.57. The van der Waals surface area contributed by atoms with Crippen molar-refractivity contribution >= 4 is 23.2 Å². The minimum Gasteiger partial charge on any atom is -0.377 e. The Morgan fingerprint density at radius 3 is 3.05 bits per heavy atom. The lowest BCUT2D eigenvalue weighted by atomic mass is 9.46. The van der Waals surface area contributed by atoms with E-state index < -0.39 is 11.0 Å². The van der Waals surface area contributed by atoms with E-state index in [4.69, 9.17) is 22.1 Å². The fourth-order valence-corrected chi connectivity index (χ4v) is 3.91. The molecular weight excluding hydrogens is 290 g/mol. The van der Waals surface area contributed by atoms with Crippen LogP contribution in [0.4, 0.5) is 5.69 Å². The maximum absolute atomic E-state index is 12.8. The summed E-state index contributed by atoms with van der Waals surface area (Å²) in [7, 11) is 0. The average molecular weight is 310 g/mol. The molecule has 2 heterocycles. The summed E-state index contributed by atoms with van der Waals surface area (Å²) in [6, 6.07) is 3.44. The predicted octanol–water partition coefficient (Wildman–Crippen LogP) is 2.21. The van der Waals surface area contributed by atoms with E-state index in [-0.39, 0.29) is 23.1 Å². The van der Waals surface area contributed by atoms with Crippen LogP contribution in [0.1, 0.15) is 26.7 Å². The predicted molar refractivity (Wildman–Crippen MR) is 81.0 cm³/mol. The highest BCUT2D eigenvalue weighted by atomic mass is 35.5. The summed E-state index contributed by atoms with van der Waals surface area (Å²) in [6.07, 6.45) is 3.48. The van der Waals surface area contributed by atoms with Crippen LogP contribution >= 0.6 is 11.6 Å². The molecule has 114 valence electrons. The number of anilines is 1. The summed E-state index contributed by atoms with van der Waals surface area (Å²) in [5.74, 6) is -0.161. The SMILES string of the molecule is CC1(C)C2OCCCC2C1(N)C(=O)Nc1cccnc1Cl. The number of aromatic nitrogens is 1. The number of amides is 1. The first kappa shape index (κ1) is 14.8. The van der Waals surface area contributed by atoms with Gasteiger partial charge in [-0.25, -0.2) is 4.98 Å². The molecule has 1 aliphatic carbocycles. The monoisotopic (exact) mass is 309 g/mol. The summed E-state index contributed by atoms with van der Waals surface area (Å²) in [5.41, 5.74) is 5.66. The highest BCUT2D eigenvalue weighted by molar-refractivity contribution is 6.32. The Labute approximate surface area is 129 Å². The van der Waals surface area contributed by atoms with Gasteiger partial charge in [-0.05, 0) is 25.0 Å². The van der Waals surface area contributed by atoms with Crippen molar-refractivity contribution in [1.82, 2.24) is 4.98 Å². The highest BCUT2D eigenvalue weighted by Gasteiger charge is 2.70. The van der Waals surface area contributed by atoms with Gasteiger partial charge in [-0.3, -0.25) is 4.79 Å². The second kappa shape index (κ2) is 4.93. The Kier molecular flexibility index (Phi) is 3.47. The van der Waals surface area contributed by atoms with Gasteiger partial charge in [0.2, 0.25) is 5.91 Å². The van der Waals surface area contributed by atoms with Crippen molar-refractivity contribution in [2.75, 3.05) is 11.9 Å². The summed E-state index contributed by atoms with van der Waals surface area (Å²) in [5, 5.41) is 3.09. The zero-order valence-corrected chi connectivity index (χ0v) is 13.0. The van der Waals surface area contributed by atoms with Crippen LogP contribution < -0.4 is 11.1 Å². The molecule has 1 aromatic rings. The van der Waals surface area contributed by atoms with Gasteiger partial charge in [-0.2, -0.15) is 0 Å². The van der Waals surface area contributed by atoms with Crippen LogP contribution in [-0.4, -0.2) is 29.1 Å². The van der Waals surface area contributed by atoms with Gasteiger partial charge in [-0.1, -0.05) is 25.4 Å². The molecule has 1 saturated heterocycles. The van der Waals surface area contributed by atoms with Crippen LogP contribution in [0.15, 0.2) is 18.3 Å². The van der Waals surface area contributed by atoms with Crippen molar-refractivity contribution in [3.63, 3.8) is 0 Å². The maximum atomic E-state index is 12.8. The van der Waals surface area contributed by atoms with Gasteiger partial charge in [-0.15, -0.1) is 0 Å². The molecule has 2 aliphatic rings. The van der Waals surface area contributed by atoms with E-state index in [0.717, 1.165) is 19.4 Å². The number of halogens is 1. The number of fused-ring (bicyclic) bond motifs is 1. The molecule has 1 saturated carbocycles. The van der Waals surface area contributed by atoms with Crippen LogP contribution in [-0.2, 0) is 9.53 Å². The first-order valence-corrected chi connectivity index (χ1v) is 7.59. The first-order valence-electron chi connectivity index (χ1n) is 7.21. The van der Waals surface area contributed by atoms with Crippen LogP contribution in [0.25, 0.3) is 0 Å². The summed E-state index contributed by atoms with van der Waals surface area (Å²) < 4.78 is 5.81. The minimum atomic E-state index is -0.947. The van der Waals surface area contributed by atoms with E-state index in [2.05, 4.69) is 10.3 Å². The topological polar surface area (TPSA) is 77.2 Å². The zero-order valence-electron chi connectivity index (χ0n) is 12.2. The van der Waals surface area contributed by atoms with E-state index >= 15 is 0 Å². The van der Waals surface area contributed by atoms with Gasteiger partial charge in [0.1, 0.15) is 5.54 Å². The number of carbonyl (C=O) groups is 1. The largest absolute Gasteiger partial charge is 0.377 e. The maximum Gasteiger partial charge on any atom is 0.245 e. The third-order valence-electron chi connectivity index (χ3n) is 5.07. The summed E-state index contributed by atoms with van der Waals surface area (Å²) in [4.78, 5) is 16.7. The standard InChI is InChI=1S/C15H20ClN3O2/c1-14(2)11-9(5-4-8-21-11)15(14,17)13(20)19-10-6-3-7-18-12(10)16/h3,6-7,9,11H,4-5,8,17H2,1-2H3,(H,19,20). The normalized spacial score (nSPS) is 33.7. The van der Waals surface area contributed by atoms with Gasteiger partial charge < -0.3 is 15.8 Å². The lowest BCUT2D eigenvalue weighted by Gasteiger charge is -2.65. The molecule has 1 aliphatic heterocycles. The van der Waals surface area contributed by atoms with E-state index in [1.807, 2.05) is 13.8 Å². The van der Waals surface area contributed by atoms with Crippen molar-refractivity contribution in [1.29, 1.82) is 0 Å². The van der Waals surface area contributed by atoms with Crippen molar-refractivity contribution in [2.45, 2.75) is 38.3 Å². The minimum absolute atomic E-state index is 0.0476. The number of pyridine rings is 1. The van der Waals surface area contributed by atoms with Gasteiger partial charge in [0.05, 0.1) is 11.8 Å².